The molecule has 12 nitrogen and oxygen atoms in total. The fourth-order valence-electron chi connectivity index (χ4n) is 10.3. The number of hydrogen-bond donors (Lipinski definition) is 0. The molecule has 6 aromatic carbocycles. The van der Waals surface area contributed by atoms with Crippen LogP contribution in [0.1, 0.15) is 130 Å². The van der Waals surface area contributed by atoms with Crippen molar-refractivity contribution in [2.75, 3.05) is 52.4 Å². The predicted octanol–water partition coefficient (Wildman–Crippen LogP) is 15.0. The number of halogens is 8. The molecular weight excluding hydrogens is 1280 g/mol. The minimum absolute atomic E-state index is 0.0102. The molecule has 22 heteroatoms. The average Bonchev–Trinajstić information content (AvgIpc) is 1.51. The second-order valence-electron chi connectivity index (χ2n) is 22.0. The van der Waals surface area contributed by atoms with E-state index in [2.05, 4.69) is 14.9 Å². The number of rotatable bonds is 26. The zero-order valence-electron chi connectivity index (χ0n) is 73.1. The van der Waals surface area contributed by atoms with Crippen LogP contribution < -0.4 is 11.1 Å². The summed E-state index contributed by atoms with van der Waals surface area (Å²) < 4.78 is 285. The summed E-state index contributed by atoms with van der Waals surface area (Å²) in [7, 11) is 0. The summed E-state index contributed by atoms with van der Waals surface area (Å²) in [5, 5.41) is -0.811. The summed E-state index contributed by atoms with van der Waals surface area (Å²) >= 11 is 1.39. The van der Waals surface area contributed by atoms with Crippen LogP contribution in [0.15, 0.2) is 159 Å². The summed E-state index contributed by atoms with van der Waals surface area (Å²) in [5.41, 5.74) is -6.44. The highest BCUT2D eigenvalue weighted by molar-refractivity contribution is 7.98. The molecule has 0 radical (unpaired) electrons. The molecule has 2 aliphatic carbocycles. The molecule has 0 N–H and O–H groups in total. The molecule has 2 aliphatic rings. The molecule has 2 aromatic heterocycles. The lowest BCUT2D eigenvalue weighted by Crippen LogP contribution is -2.40. The van der Waals surface area contributed by atoms with E-state index < -0.39 is 201 Å². The maximum atomic E-state index is 14.9. The van der Waals surface area contributed by atoms with Gasteiger partial charge in [-0.2, -0.15) is 36.3 Å². The van der Waals surface area contributed by atoms with Crippen LogP contribution in [-0.4, -0.2) is 103 Å². The Labute approximate surface area is 591 Å². The number of aromatic nitrogens is 4. The third-order valence-corrected chi connectivity index (χ3v) is 17.6. The van der Waals surface area contributed by atoms with Gasteiger partial charge in [-0.1, -0.05) is 155 Å². The van der Waals surface area contributed by atoms with E-state index in [0.29, 0.717) is 89.8 Å². The van der Waals surface area contributed by atoms with Crippen molar-refractivity contribution in [3.05, 3.63) is 233 Å². The van der Waals surface area contributed by atoms with Crippen molar-refractivity contribution in [2.45, 2.75) is 134 Å². The third-order valence-electron chi connectivity index (χ3n) is 15.6. The highest BCUT2D eigenvalue weighted by atomic mass is 32.2. The predicted molar refractivity (Wildman–Crippen MR) is 362 cm³/mol. The number of likely N-dealkylation sites (N-methyl/N-ethyl adjacent to an activating group) is 2. The second-order valence-corrected chi connectivity index (χ2v) is 23.9. The van der Waals surface area contributed by atoms with Crippen LogP contribution in [0.3, 0.4) is 0 Å². The molecule has 0 saturated carbocycles. The standard InChI is InChI=1S/C38H42F4N4O2S.C36H38F4N4O2S/c1-5-44(6-2)17-18-45(22-27-7-11-29(12-8-27)30-13-16-33(26(4)21-30)38(40,41)42)35(47)23-46-34-20-25(3)19-32(34)36(48)43-37(46)49-24-28-9-14-31(39)15-10-28;1-3-42(4-2)20-21-43(22-25-8-12-27(13-9-25)28-14-16-29(17-15-28)36(38,39)40)33(45)23-44-32-7-5-6-31(32)34(46)41-35(44)47-24-26-10-18-30(37)19-11-26/h7-16,21,25H,5-6,17-20,22-24H2,1-4H3;8-19H,3-7,20-24H2,1-2H3/i7D,8D,11D,12D,13D,16D,19D2,20D2,21D,23D2,25D;10D,11D,18D,19D,23D2. The zero-order valence-corrected chi connectivity index (χ0v) is 54.7. The Morgan fingerprint density at radius 1 is 0.573 bits per heavy atom. The van der Waals surface area contributed by atoms with Crippen molar-refractivity contribution >= 4 is 35.3 Å². The van der Waals surface area contributed by atoms with Crippen LogP contribution in [-0.2, 0) is 85.1 Å². The molecule has 1 atom stereocenters. The maximum absolute atomic E-state index is 14.9. The summed E-state index contributed by atoms with van der Waals surface area (Å²) in [6.45, 7) is 4.49. The van der Waals surface area contributed by atoms with Crippen molar-refractivity contribution in [3.63, 3.8) is 0 Å². The van der Waals surface area contributed by atoms with Crippen LogP contribution in [0.5, 0.6) is 0 Å². The van der Waals surface area contributed by atoms with Crippen LogP contribution >= 0.6 is 23.5 Å². The van der Waals surface area contributed by atoms with Crippen molar-refractivity contribution in [3.8, 4) is 22.3 Å². The molecule has 96 heavy (non-hydrogen) atoms. The molecule has 2 heterocycles. The van der Waals surface area contributed by atoms with E-state index >= 15 is 0 Å². The fourth-order valence-corrected chi connectivity index (χ4v) is 12.0. The Balaban J connectivity index is 0.000000269. The van der Waals surface area contributed by atoms with Gasteiger partial charge in [-0.3, -0.25) is 19.2 Å². The molecule has 508 valence electrons. The second kappa shape index (κ2) is 32.9. The third kappa shape index (κ3) is 19.0. The summed E-state index contributed by atoms with van der Waals surface area (Å²) in [6.07, 6.45) is -14.7. The van der Waals surface area contributed by atoms with E-state index in [0.717, 1.165) is 59.3 Å². The van der Waals surface area contributed by atoms with Gasteiger partial charge in [0, 0.05) is 80.1 Å². The number of thioether (sulfide) groups is 2. The summed E-state index contributed by atoms with van der Waals surface area (Å²) in [6, 6.07) is 6.52. The summed E-state index contributed by atoms with van der Waals surface area (Å²) in [5.74, 6) is -7.56. The fraction of sp³-hybridized carbons (Fsp3) is 0.378. The molecule has 0 bridgehead atoms. The number of fused-ring (bicyclic) bond motifs is 2. The average molecular weight is 1380 g/mol. The van der Waals surface area contributed by atoms with E-state index in [1.807, 2.05) is 18.7 Å². The van der Waals surface area contributed by atoms with Gasteiger partial charge in [0.15, 0.2) is 10.3 Å². The van der Waals surface area contributed by atoms with Gasteiger partial charge in [-0.25, -0.2) is 8.78 Å². The quantitative estimate of drug-likeness (QED) is 0.0295. The first-order valence-corrected chi connectivity index (χ1v) is 32.5. The van der Waals surface area contributed by atoms with Crippen LogP contribution in [0.4, 0.5) is 35.1 Å². The Morgan fingerprint density at radius 2 is 1.06 bits per heavy atom. The molecule has 0 saturated heterocycles. The highest BCUT2D eigenvalue weighted by Gasteiger charge is 2.34. The molecule has 0 fully saturated rings. The van der Waals surface area contributed by atoms with Crippen molar-refractivity contribution in [2.24, 2.45) is 5.89 Å². The number of benzene rings is 6. The first-order chi connectivity index (χ1) is 53.9. The van der Waals surface area contributed by atoms with Gasteiger partial charge in [-0.15, -0.1) is 0 Å². The first-order valence-electron chi connectivity index (χ1n) is 40.6. The lowest BCUT2D eigenvalue weighted by molar-refractivity contribution is -0.138. The van der Waals surface area contributed by atoms with Crippen LogP contribution in [0.2, 0.25) is 0 Å². The summed E-state index contributed by atoms with van der Waals surface area (Å²) in [4.78, 5) is 70.2. The molecule has 0 spiro atoms. The van der Waals surface area contributed by atoms with Gasteiger partial charge in [-0.05, 0) is 163 Å². The SMILES string of the molecule is [2H]c1c([2H])c(-c2c([2H])c([2H])c(C(F)(F)F)c(C)c2[2H])c([2H])c([2H])c1CN(CCN(CC)CC)C(=O)C([2H])([2H])n1c(SCc2ccc(F)cc2)nc(=O)c2c1C([2H])([2H])C([2H])(C)C2([2H])[2H].[2H]c1c([2H])c(CSc2nc(=O)c3c(n2C([2H])([2H])C(=O)N(CCN(CC)CC)Cc2ccc(-c4ccc(C(F)(F)F)cc4)cc2)CCC3)c([2H])c([2H])c1F. The Morgan fingerprint density at radius 3 is 1.60 bits per heavy atom. The van der Waals surface area contributed by atoms with Crippen molar-refractivity contribution < 1.29 is 72.1 Å². The molecular formula is C74H80F8N8O4S2. The van der Waals surface area contributed by atoms with E-state index in [1.54, 1.807) is 38.1 Å². The van der Waals surface area contributed by atoms with Crippen LogP contribution in [0.25, 0.3) is 22.3 Å². The minimum atomic E-state index is -5.14. The number of hydrogen-bond acceptors (Lipinski definition) is 10. The first kappa shape index (κ1) is 49.6. The maximum Gasteiger partial charge on any atom is 0.416 e. The highest BCUT2D eigenvalue weighted by Crippen LogP contribution is 2.36. The van der Waals surface area contributed by atoms with Crippen molar-refractivity contribution in [1.82, 2.24) is 38.7 Å². The molecule has 0 aliphatic heterocycles. The molecule has 2 amide bonds. The number of amides is 2. The van der Waals surface area contributed by atoms with Gasteiger partial charge in [0.2, 0.25) is 11.8 Å². The van der Waals surface area contributed by atoms with E-state index in [4.69, 9.17) is 21.9 Å². The topological polar surface area (TPSA) is 117 Å². The van der Waals surface area contributed by atoms with Gasteiger partial charge >= 0.3 is 12.4 Å². The smallest absolute Gasteiger partial charge is 0.336 e. The van der Waals surface area contributed by atoms with Crippen LogP contribution in [0, 0.1) is 24.5 Å². The Kier molecular flexibility index (Phi) is 17.0. The lowest BCUT2D eigenvalue weighted by atomic mass is 9.98. The van der Waals surface area contributed by atoms with Crippen molar-refractivity contribution in [1.29, 1.82) is 0 Å². The normalized spacial score (nSPS) is 18.7. The van der Waals surface area contributed by atoms with Gasteiger partial charge in [0.1, 0.15) is 24.6 Å². The molecule has 10 rings (SSSR count). The molecule has 8 aromatic rings. The largest absolute Gasteiger partial charge is 0.416 e. The zero-order chi connectivity index (χ0) is 86.5. The lowest BCUT2D eigenvalue weighted by Gasteiger charge is -2.28. The van der Waals surface area contributed by atoms with E-state index in [1.165, 1.54) is 29.2 Å². The number of nitrogens with zero attached hydrogens (tertiary/aromatic N) is 8. The minimum Gasteiger partial charge on any atom is -0.336 e. The van der Waals surface area contributed by atoms with Gasteiger partial charge < -0.3 is 28.7 Å². The monoisotopic (exact) mass is 1380 g/mol. The molecule has 1 unspecified atom stereocenters. The van der Waals surface area contributed by atoms with Gasteiger partial charge in [0.25, 0.3) is 11.1 Å². The Hall–Kier alpha value is -7.92. The van der Waals surface area contributed by atoms with Gasteiger partial charge in [0.05, 0.1) is 31.7 Å². The Bertz CT molecular complexity index is 5130. The van der Waals surface area contributed by atoms with E-state index in [-0.39, 0.29) is 60.4 Å². The number of alkyl halides is 6. The van der Waals surface area contributed by atoms with E-state index in [9.17, 15) is 59.8 Å². The number of carbonyl (C=O) groups excluding carboxylic acids is 2. The number of carbonyl (C=O) groups is 2.